The third-order valence-corrected chi connectivity index (χ3v) is 17.5. The second kappa shape index (κ2) is 19.2. The van der Waals surface area contributed by atoms with Gasteiger partial charge in [-0.3, -0.25) is 0 Å². The number of benzene rings is 8. The summed E-state index contributed by atoms with van der Waals surface area (Å²) >= 11 is 0. The molecule has 14 rings (SSSR count). The summed E-state index contributed by atoms with van der Waals surface area (Å²) in [6, 6.07) is 72.0. The maximum Gasteiger partial charge on any atom is 0.0625 e. The van der Waals surface area contributed by atoms with E-state index in [1.54, 1.807) is 5.57 Å². The van der Waals surface area contributed by atoms with Crippen LogP contribution in [0.15, 0.2) is 248 Å². The van der Waals surface area contributed by atoms with Crippen molar-refractivity contribution >= 4 is 50.7 Å². The van der Waals surface area contributed by atoms with Gasteiger partial charge < -0.3 is 9.13 Å². The molecular formula is C76H62N2. The predicted molar refractivity (Wildman–Crippen MR) is 331 cm³/mol. The number of para-hydroxylation sites is 1. The Bertz CT molecular complexity index is 4340. The zero-order chi connectivity index (χ0) is 52.5. The van der Waals surface area contributed by atoms with Crippen LogP contribution in [0.25, 0.3) is 95.4 Å². The van der Waals surface area contributed by atoms with Gasteiger partial charge in [-0.2, -0.15) is 0 Å². The molecule has 2 heterocycles. The van der Waals surface area contributed by atoms with Crippen molar-refractivity contribution in [3.63, 3.8) is 0 Å². The van der Waals surface area contributed by atoms with Crippen LogP contribution in [-0.4, -0.2) is 9.13 Å². The second-order valence-electron chi connectivity index (χ2n) is 22.2. The average molecular weight is 1000 g/mol. The molecule has 2 nitrogen and oxygen atoms in total. The summed E-state index contributed by atoms with van der Waals surface area (Å²) < 4.78 is 5.16. The third-order valence-electron chi connectivity index (χ3n) is 17.5. The first kappa shape index (κ1) is 47.5. The molecule has 4 aliphatic rings. The molecule has 0 N–H and O–H groups in total. The normalized spacial score (nSPS) is 16.5. The van der Waals surface area contributed by atoms with Gasteiger partial charge in [0.1, 0.15) is 0 Å². The van der Waals surface area contributed by atoms with Crippen LogP contribution in [-0.2, 0) is 5.41 Å². The van der Waals surface area contributed by atoms with Gasteiger partial charge in [-0.15, -0.1) is 0 Å². The van der Waals surface area contributed by atoms with Crippen LogP contribution in [0, 0.1) is 12.8 Å². The Morgan fingerprint density at radius 1 is 0.577 bits per heavy atom. The lowest BCUT2D eigenvalue weighted by Gasteiger charge is -2.26. The minimum atomic E-state index is -0.101. The molecule has 8 aromatic carbocycles. The van der Waals surface area contributed by atoms with Crippen LogP contribution >= 0.6 is 0 Å². The zero-order valence-electron chi connectivity index (χ0n) is 44.8. The number of fused-ring (bicyclic) bond motifs is 6. The van der Waals surface area contributed by atoms with Gasteiger partial charge in [-0.1, -0.05) is 238 Å². The van der Waals surface area contributed by atoms with Crippen molar-refractivity contribution in [3.8, 4) is 44.8 Å². The fourth-order valence-corrected chi connectivity index (χ4v) is 13.7. The van der Waals surface area contributed by atoms with Crippen LogP contribution in [0.3, 0.4) is 0 Å². The monoisotopic (exact) mass is 1000 g/mol. The van der Waals surface area contributed by atoms with Crippen molar-refractivity contribution in [2.45, 2.75) is 58.3 Å². The summed E-state index contributed by atoms with van der Waals surface area (Å²) in [6.07, 6.45) is 24.3. The molecule has 10 aromatic rings. The van der Waals surface area contributed by atoms with Crippen LogP contribution in [0.4, 0.5) is 0 Å². The summed E-state index contributed by atoms with van der Waals surface area (Å²) in [4.78, 5) is 0. The van der Waals surface area contributed by atoms with Gasteiger partial charge >= 0.3 is 0 Å². The van der Waals surface area contributed by atoms with E-state index in [9.17, 15) is 0 Å². The van der Waals surface area contributed by atoms with E-state index in [4.69, 9.17) is 6.58 Å². The summed E-state index contributed by atoms with van der Waals surface area (Å²) in [5.74, 6) is 0.220. The third kappa shape index (κ3) is 7.76. The summed E-state index contributed by atoms with van der Waals surface area (Å²) in [6.45, 7) is 11.9. The molecule has 2 aromatic heterocycles. The first-order chi connectivity index (χ1) is 38.4. The van der Waals surface area contributed by atoms with E-state index < -0.39 is 0 Å². The first-order valence-electron chi connectivity index (χ1n) is 28.0. The minimum Gasteiger partial charge on any atom is -0.313 e. The Morgan fingerprint density at radius 2 is 1.21 bits per heavy atom. The van der Waals surface area contributed by atoms with E-state index in [1.807, 2.05) is 0 Å². The molecule has 0 saturated carbocycles. The van der Waals surface area contributed by atoms with Gasteiger partial charge in [0.05, 0.1) is 16.4 Å². The zero-order valence-corrected chi connectivity index (χ0v) is 44.8. The maximum atomic E-state index is 4.70. The highest BCUT2D eigenvalue weighted by atomic mass is 15.0. The quantitative estimate of drug-likeness (QED) is 0.121. The van der Waals surface area contributed by atoms with Crippen molar-refractivity contribution in [1.29, 1.82) is 0 Å². The molecule has 78 heavy (non-hydrogen) atoms. The molecule has 0 bridgehead atoms. The number of rotatable bonds is 10. The van der Waals surface area contributed by atoms with Crippen molar-refractivity contribution < 1.29 is 0 Å². The van der Waals surface area contributed by atoms with Crippen LogP contribution in [0.5, 0.6) is 0 Å². The van der Waals surface area contributed by atoms with E-state index in [0.717, 1.165) is 54.6 Å². The van der Waals surface area contributed by atoms with E-state index in [1.165, 1.54) is 110 Å². The summed E-state index contributed by atoms with van der Waals surface area (Å²) in [5, 5.41) is 4.99. The fourth-order valence-electron chi connectivity index (χ4n) is 13.7. The van der Waals surface area contributed by atoms with Crippen molar-refractivity contribution in [1.82, 2.24) is 9.13 Å². The molecule has 2 heteroatoms. The van der Waals surface area contributed by atoms with Gasteiger partial charge in [0.25, 0.3) is 0 Å². The van der Waals surface area contributed by atoms with Crippen LogP contribution in [0.2, 0.25) is 0 Å². The molecule has 0 fully saturated rings. The van der Waals surface area contributed by atoms with E-state index >= 15 is 0 Å². The smallest absolute Gasteiger partial charge is 0.0625 e. The molecule has 376 valence electrons. The largest absolute Gasteiger partial charge is 0.313 e. The average Bonchev–Trinajstić information content (AvgIpc) is 4.18. The fraction of sp³-hybridized carbons (Fsp3) is 0.132. The number of hydrogen-bond donors (Lipinski definition) is 0. The molecule has 0 saturated heterocycles. The van der Waals surface area contributed by atoms with Crippen LogP contribution < -0.4 is 10.6 Å². The Morgan fingerprint density at radius 3 is 1.90 bits per heavy atom. The lowest BCUT2D eigenvalue weighted by molar-refractivity contribution is 0.607. The Balaban J connectivity index is 1.08. The summed E-state index contributed by atoms with van der Waals surface area (Å²) in [7, 11) is 0. The second-order valence-corrected chi connectivity index (χ2v) is 22.2. The Kier molecular flexibility index (Phi) is 11.7. The van der Waals surface area contributed by atoms with E-state index in [0.29, 0.717) is 0 Å². The standard InChI is InChI=1S/C76H62N2/c1-5-51(46-67-50(2)77(59-40-38-54(39-41-59)52-24-11-6-12-25-52)74-68(57-32-19-10-20-33-57)47-58(48-69(67)74)53-26-13-7-14-27-53)62-35-23-36-66-72-61(55-28-15-8-16-29-55)44-45-63(56-30-17-9-18-31-56)75(72)78(73(62)66)60-42-43-65-64-34-21-22-37-70(64)76(3,4)71(65)49-60/h5-6,8-13,15-21,23-36,38-46,48-49,58H,1,7,14,22,37,47H2,2-4H3/b51-46+. The highest BCUT2D eigenvalue weighted by Crippen LogP contribution is 2.52. The molecule has 0 amide bonds. The van der Waals surface area contributed by atoms with Crippen molar-refractivity contribution in [3.05, 3.63) is 292 Å². The van der Waals surface area contributed by atoms with Crippen molar-refractivity contribution in [2.75, 3.05) is 0 Å². The lowest BCUT2D eigenvalue weighted by atomic mass is 9.78. The Hall–Kier alpha value is -8.98. The van der Waals surface area contributed by atoms with E-state index in [-0.39, 0.29) is 11.3 Å². The number of allylic oxidation sites excluding steroid dienone is 10. The highest BCUT2D eigenvalue weighted by Gasteiger charge is 2.38. The SMILES string of the molecule is C=C/C(=C\c1c(C)n(-c2ccc(-c3ccccc3)cc2)c2c1=CC(C1=CCCC=C1)CC=2c1ccccc1)c1cccc2c3c(-c4ccccc4)ccc(-c4ccccc4)c3n(-c3ccc4c(c3)C(C)(C)C3=C4C=CCC3)c12. The van der Waals surface area contributed by atoms with E-state index in [2.05, 4.69) is 273 Å². The molecule has 0 spiro atoms. The van der Waals surface area contributed by atoms with Crippen molar-refractivity contribution in [2.24, 2.45) is 5.92 Å². The molecular weight excluding hydrogens is 941 g/mol. The number of aromatic nitrogens is 2. The molecule has 0 radical (unpaired) electrons. The number of nitrogens with zero attached hydrogens (tertiary/aromatic N) is 2. The number of hydrogen-bond acceptors (Lipinski definition) is 0. The molecule has 0 aliphatic heterocycles. The van der Waals surface area contributed by atoms with Gasteiger partial charge in [0.15, 0.2) is 0 Å². The maximum absolute atomic E-state index is 4.70. The lowest BCUT2D eigenvalue weighted by Crippen LogP contribution is -2.36. The topological polar surface area (TPSA) is 9.86 Å². The van der Waals surface area contributed by atoms with Crippen LogP contribution in [0.1, 0.15) is 79.5 Å². The predicted octanol–water partition coefficient (Wildman–Crippen LogP) is 18.3. The highest BCUT2D eigenvalue weighted by molar-refractivity contribution is 6.22. The van der Waals surface area contributed by atoms with Gasteiger partial charge in [0, 0.05) is 61.1 Å². The molecule has 1 atom stereocenters. The summed E-state index contributed by atoms with van der Waals surface area (Å²) in [5.41, 5.74) is 26.2. The van der Waals surface area contributed by atoms with Gasteiger partial charge in [0.2, 0.25) is 0 Å². The first-order valence-corrected chi connectivity index (χ1v) is 28.0. The Labute approximate surface area is 458 Å². The molecule has 4 aliphatic carbocycles. The molecule has 1 unspecified atom stereocenters. The van der Waals surface area contributed by atoms with Gasteiger partial charge in [-0.25, -0.2) is 0 Å². The van der Waals surface area contributed by atoms with Gasteiger partial charge in [-0.05, 0) is 136 Å². The minimum absolute atomic E-state index is 0.101.